The first-order chi connectivity index (χ1) is 12.3. The van der Waals surface area contributed by atoms with Crippen molar-refractivity contribution in [2.45, 2.75) is 83.5 Å². The van der Waals surface area contributed by atoms with Crippen LogP contribution in [0.15, 0.2) is 12.2 Å². The molecule has 0 unspecified atom stereocenters. The van der Waals surface area contributed by atoms with E-state index < -0.39 is 0 Å². The molecule has 3 aliphatic rings. The average Bonchev–Trinajstić information content (AvgIpc) is 2.69. The zero-order valence-corrected chi connectivity index (χ0v) is 15.8. The van der Waals surface area contributed by atoms with Crippen LogP contribution in [0.4, 0.5) is 4.39 Å². The van der Waals surface area contributed by atoms with Crippen molar-refractivity contribution in [1.82, 2.24) is 0 Å². The van der Waals surface area contributed by atoms with Crippen molar-refractivity contribution in [2.75, 3.05) is 6.67 Å². The van der Waals surface area contributed by atoms with Gasteiger partial charge in [-0.1, -0.05) is 12.2 Å². The zero-order chi connectivity index (χ0) is 17.5. The molecule has 140 valence electrons. The molecule has 0 saturated heterocycles. The molecular formula is C23H36FN. The van der Waals surface area contributed by atoms with Gasteiger partial charge in [0.2, 0.25) is 0 Å². The lowest BCUT2D eigenvalue weighted by Crippen LogP contribution is -2.29. The molecule has 0 radical (unpaired) electrons. The highest BCUT2D eigenvalue weighted by Crippen LogP contribution is 2.45. The summed E-state index contributed by atoms with van der Waals surface area (Å²) < 4.78 is 12.2. The van der Waals surface area contributed by atoms with Crippen molar-refractivity contribution in [3.63, 3.8) is 0 Å². The Morgan fingerprint density at radius 1 is 0.720 bits per heavy atom. The van der Waals surface area contributed by atoms with Crippen LogP contribution in [0.2, 0.25) is 0 Å². The Morgan fingerprint density at radius 3 is 1.60 bits per heavy atom. The molecule has 2 heteroatoms. The molecule has 0 N–H and O–H groups in total. The Hall–Kier alpha value is -0.840. The summed E-state index contributed by atoms with van der Waals surface area (Å²) in [5.74, 6) is 4.87. The van der Waals surface area contributed by atoms with Gasteiger partial charge < -0.3 is 0 Å². The summed E-state index contributed by atoms with van der Waals surface area (Å²) in [5, 5.41) is 9.07. The van der Waals surface area contributed by atoms with Crippen LogP contribution in [0.1, 0.15) is 83.5 Å². The molecule has 0 aromatic rings. The number of allylic oxidation sites excluding steroid dienone is 2. The summed E-state index contributed by atoms with van der Waals surface area (Å²) in [6.07, 6.45) is 21.1. The van der Waals surface area contributed by atoms with Crippen LogP contribution < -0.4 is 0 Å². The smallest absolute Gasteiger partial charge is 0.0928 e. The Kier molecular flexibility index (Phi) is 7.38. The van der Waals surface area contributed by atoms with E-state index in [2.05, 4.69) is 18.2 Å². The molecule has 0 amide bonds. The molecule has 0 aromatic carbocycles. The van der Waals surface area contributed by atoms with E-state index in [1.807, 2.05) is 0 Å². The summed E-state index contributed by atoms with van der Waals surface area (Å²) in [5.41, 5.74) is 0. The second-order valence-corrected chi connectivity index (χ2v) is 9.00. The molecule has 1 nitrogen and oxygen atoms in total. The molecular weight excluding hydrogens is 309 g/mol. The normalized spacial score (nSPS) is 40.0. The zero-order valence-electron chi connectivity index (χ0n) is 15.8. The minimum absolute atomic E-state index is 0.215. The van der Waals surface area contributed by atoms with E-state index in [1.165, 1.54) is 64.2 Å². The Bertz CT molecular complexity index is 441. The van der Waals surface area contributed by atoms with E-state index >= 15 is 0 Å². The van der Waals surface area contributed by atoms with Crippen molar-refractivity contribution >= 4 is 0 Å². The van der Waals surface area contributed by atoms with Gasteiger partial charge in [-0.05, 0) is 113 Å². The molecule has 0 bridgehead atoms. The minimum Gasteiger partial charge on any atom is -0.251 e. The van der Waals surface area contributed by atoms with Crippen LogP contribution in [0.25, 0.3) is 0 Å². The van der Waals surface area contributed by atoms with Crippen LogP contribution in [-0.4, -0.2) is 6.67 Å². The molecule has 25 heavy (non-hydrogen) atoms. The average molecular weight is 346 g/mol. The van der Waals surface area contributed by atoms with Gasteiger partial charge in [0.25, 0.3) is 0 Å². The van der Waals surface area contributed by atoms with Crippen LogP contribution in [-0.2, 0) is 0 Å². The van der Waals surface area contributed by atoms with Crippen molar-refractivity contribution in [3.05, 3.63) is 12.2 Å². The van der Waals surface area contributed by atoms with Crippen LogP contribution in [0, 0.1) is 46.8 Å². The number of hydrogen-bond acceptors (Lipinski definition) is 1. The Balaban J connectivity index is 1.36. The maximum atomic E-state index is 12.2. The van der Waals surface area contributed by atoms with E-state index in [0.717, 1.165) is 42.4 Å². The molecule has 0 aromatic heterocycles. The highest BCUT2D eigenvalue weighted by atomic mass is 19.1. The number of nitriles is 1. The highest BCUT2D eigenvalue weighted by molar-refractivity contribution is 4.93. The molecule has 0 aliphatic heterocycles. The summed E-state index contributed by atoms with van der Waals surface area (Å²) in [7, 11) is 0. The minimum atomic E-state index is -0.215. The van der Waals surface area contributed by atoms with Gasteiger partial charge in [-0.15, -0.1) is 0 Å². The topological polar surface area (TPSA) is 23.8 Å². The van der Waals surface area contributed by atoms with E-state index in [9.17, 15) is 4.39 Å². The largest absolute Gasteiger partial charge is 0.251 e. The van der Waals surface area contributed by atoms with Gasteiger partial charge in [-0.3, -0.25) is 4.39 Å². The molecule has 0 atom stereocenters. The summed E-state index contributed by atoms with van der Waals surface area (Å²) in [4.78, 5) is 0. The number of hydrogen-bond donors (Lipinski definition) is 0. The summed E-state index contributed by atoms with van der Waals surface area (Å²) in [6.45, 7) is -0.215. The van der Waals surface area contributed by atoms with E-state index in [4.69, 9.17) is 5.26 Å². The van der Waals surface area contributed by atoms with Gasteiger partial charge in [0.15, 0.2) is 0 Å². The molecule has 0 heterocycles. The van der Waals surface area contributed by atoms with Gasteiger partial charge in [0.05, 0.1) is 12.7 Å². The Morgan fingerprint density at radius 2 is 1.16 bits per heavy atom. The van der Waals surface area contributed by atoms with Crippen molar-refractivity contribution < 1.29 is 4.39 Å². The maximum Gasteiger partial charge on any atom is 0.0928 e. The number of nitrogens with zero attached hydrogens (tertiary/aromatic N) is 1. The fraction of sp³-hybridized carbons (Fsp3) is 0.870. The highest BCUT2D eigenvalue weighted by Gasteiger charge is 2.34. The third-order valence-electron chi connectivity index (χ3n) is 7.60. The lowest BCUT2D eigenvalue weighted by Gasteiger charge is -2.40. The molecule has 0 spiro atoms. The van der Waals surface area contributed by atoms with E-state index in [-0.39, 0.29) is 6.67 Å². The quantitative estimate of drug-likeness (QED) is 0.500. The SMILES string of the molecule is N#C[C@H]1CC[C@H](C2CCC([C@H]3CC[C@H](/C=C/CCF)CC3)CC2)CC1. The first-order valence-electron chi connectivity index (χ1n) is 10.9. The van der Waals surface area contributed by atoms with E-state index in [0.29, 0.717) is 12.3 Å². The number of rotatable bonds is 5. The summed E-state index contributed by atoms with van der Waals surface area (Å²) in [6, 6.07) is 2.47. The van der Waals surface area contributed by atoms with Gasteiger partial charge >= 0.3 is 0 Å². The fourth-order valence-electron chi connectivity index (χ4n) is 5.97. The lowest BCUT2D eigenvalue weighted by molar-refractivity contribution is 0.113. The molecule has 3 saturated carbocycles. The predicted molar refractivity (Wildman–Crippen MR) is 102 cm³/mol. The monoisotopic (exact) mass is 345 g/mol. The summed E-state index contributed by atoms with van der Waals surface area (Å²) >= 11 is 0. The maximum absolute atomic E-state index is 12.2. The van der Waals surface area contributed by atoms with Crippen LogP contribution in [0.5, 0.6) is 0 Å². The van der Waals surface area contributed by atoms with Gasteiger partial charge in [0.1, 0.15) is 0 Å². The predicted octanol–water partition coefficient (Wildman–Crippen LogP) is 6.84. The van der Waals surface area contributed by atoms with Gasteiger partial charge in [-0.2, -0.15) is 5.26 Å². The fourth-order valence-corrected chi connectivity index (χ4v) is 5.97. The van der Waals surface area contributed by atoms with Gasteiger partial charge in [0, 0.05) is 5.92 Å². The third-order valence-corrected chi connectivity index (χ3v) is 7.60. The van der Waals surface area contributed by atoms with Crippen molar-refractivity contribution in [1.29, 1.82) is 5.26 Å². The molecule has 3 fully saturated rings. The number of alkyl halides is 1. The molecule has 3 aliphatic carbocycles. The van der Waals surface area contributed by atoms with E-state index in [1.54, 1.807) is 0 Å². The Labute approximate surface area is 154 Å². The standard InChI is InChI=1S/C23H36FN/c24-16-2-1-3-18-4-8-20(9-5-18)22-12-14-23(15-13-22)21-10-6-19(17-25)7-11-21/h1,3,18-23H,2,4-16H2/b3-1+/t18-,19-,20-,21-,22?,23?. The third kappa shape index (κ3) is 5.32. The first-order valence-corrected chi connectivity index (χ1v) is 10.9. The second-order valence-electron chi connectivity index (χ2n) is 9.00. The first kappa shape index (κ1) is 18.9. The number of halogens is 1. The van der Waals surface area contributed by atoms with Crippen LogP contribution in [0.3, 0.4) is 0 Å². The van der Waals surface area contributed by atoms with Crippen molar-refractivity contribution in [2.24, 2.45) is 35.5 Å². The van der Waals surface area contributed by atoms with Crippen molar-refractivity contribution in [3.8, 4) is 6.07 Å². The second kappa shape index (κ2) is 9.75. The van der Waals surface area contributed by atoms with Crippen LogP contribution >= 0.6 is 0 Å². The lowest BCUT2D eigenvalue weighted by atomic mass is 9.65. The molecule has 3 rings (SSSR count). The van der Waals surface area contributed by atoms with Gasteiger partial charge in [-0.25, -0.2) is 0 Å².